The molecule has 1 atom stereocenters. The molecule has 1 N–H and O–H groups in total. The first kappa shape index (κ1) is 14.8. The van der Waals surface area contributed by atoms with Gasteiger partial charge in [0.25, 0.3) is 5.91 Å². The van der Waals surface area contributed by atoms with Crippen molar-refractivity contribution < 1.29 is 27.5 Å². The third kappa shape index (κ3) is 2.77. The number of amides is 1. The highest BCUT2D eigenvalue weighted by Crippen LogP contribution is 2.31. The highest BCUT2D eigenvalue weighted by atomic mass is 19.4. The molecule has 0 bridgehead atoms. The molecule has 0 radical (unpaired) electrons. The van der Waals surface area contributed by atoms with E-state index in [1.165, 1.54) is 4.90 Å². The van der Waals surface area contributed by atoms with Gasteiger partial charge < -0.3 is 10.0 Å². The molecule has 3 nitrogen and oxygen atoms in total. The molecule has 1 aromatic rings. The smallest absolute Gasteiger partial charge is 0.394 e. The molecule has 110 valence electrons. The second-order valence-electron chi connectivity index (χ2n) is 4.67. The lowest BCUT2D eigenvalue weighted by Crippen LogP contribution is -2.38. The quantitative estimate of drug-likeness (QED) is 0.850. The SMILES string of the molecule is O=C(c1cc(C(F)(F)F)ccc1F)N1CCC[C@H]1CO. The van der Waals surface area contributed by atoms with Crippen molar-refractivity contribution in [2.75, 3.05) is 13.2 Å². The summed E-state index contributed by atoms with van der Waals surface area (Å²) in [4.78, 5) is 13.3. The fraction of sp³-hybridized carbons (Fsp3) is 0.462. The number of nitrogens with zero attached hydrogens (tertiary/aromatic N) is 1. The molecule has 1 aromatic carbocycles. The summed E-state index contributed by atoms with van der Waals surface area (Å²) in [6.45, 7) is 0.0199. The summed E-state index contributed by atoms with van der Waals surface area (Å²) in [5, 5.41) is 9.12. The lowest BCUT2D eigenvalue weighted by atomic mass is 10.1. The van der Waals surface area contributed by atoms with Crippen molar-refractivity contribution in [3.05, 3.63) is 35.1 Å². The molecule has 1 amide bonds. The molecule has 1 heterocycles. The Hall–Kier alpha value is -1.63. The van der Waals surface area contributed by atoms with E-state index in [1.54, 1.807) is 0 Å². The van der Waals surface area contributed by atoms with E-state index >= 15 is 0 Å². The van der Waals surface area contributed by atoms with Crippen LogP contribution in [0, 0.1) is 5.82 Å². The minimum absolute atomic E-state index is 0.285. The van der Waals surface area contributed by atoms with Crippen LogP contribution in [0.25, 0.3) is 0 Å². The number of hydrogen-bond donors (Lipinski definition) is 1. The van der Waals surface area contributed by atoms with Gasteiger partial charge in [-0.05, 0) is 31.0 Å². The summed E-state index contributed by atoms with van der Waals surface area (Å²) in [5.74, 6) is -1.81. The Labute approximate surface area is 112 Å². The number of hydrogen-bond acceptors (Lipinski definition) is 2. The van der Waals surface area contributed by atoms with Crippen LogP contribution in [-0.4, -0.2) is 35.1 Å². The zero-order valence-electron chi connectivity index (χ0n) is 10.5. The van der Waals surface area contributed by atoms with E-state index < -0.39 is 35.1 Å². The van der Waals surface area contributed by atoms with E-state index in [9.17, 15) is 22.4 Å². The van der Waals surface area contributed by atoms with Crippen molar-refractivity contribution >= 4 is 5.91 Å². The van der Waals surface area contributed by atoms with E-state index in [0.717, 1.165) is 0 Å². The number of alkyl halides is 3. The maximum Gasteiger partial charge on any atom is 0.416 e. The van der Waals surface area contributed by atoms with E-state index in [2.05, 4.69) is 0 Å². The van der Waals surface area contributed by atoms with Crippen molar-refractivity contribution in [2.24, 2.45) is 0 Å². The second kappa shape index (κ2) is 5.40. The number of halogens is 4. The number of carbonyl (C=O) groups excluding carboxylic acids is 1. The first-order valence-electron chi connectivity index (χ1n) is 6.13. The number of aliphatic hydroxyl groups is 1. The number of aliphatic hydroxyl groups excluding tert-OH is 1. The molecular weight excluding hydrogens is 278 g/mol. The summed E-state index contributed by atoms with van der Waals surface area (Å²) in [6.07, 6.45) is -3.44. The molecule has 1 aliphatic rings. The lowest BCUT2D eigenvalue weighted by molar-refractivity contribution is -0.137. The van der Waals surface area contributed by atoms with Gasteiger partial charge in [-0.2, -0.15) is 13.2 Å². The Morgan fingerprint density at radius 1 is 1.40 bits per heavy atom. The number of carbonyl (C=O) groups is 1. The maximum absolute atomic E-state index is 13.6. The van der Waals surface area contributed by atoms with Crippen molar-refractivity contribution in [2.45, 2.75) is 25.1 Å². The predicted molar refractivity (Wildman–Crippen MR) is 62.5 cm³/mol. The molecule has 7 heteroatoms. The highest BCUT2D eigenvalue weighted by molar-refractivity contribution is 5.95. The van der Waals surface area contributed by atoms with E-state index in [4.69, 9.17) is 5.11 Å². The highest BCUT2D eigenvalue weighted by Gasteiger charge is 2.34. The first-order valence-corrected chi connectivity index (χ1v) is 6.13. The van der Waals surface area contributed by atoms with Crippen molar-refractivity contribution in [1.29, 1.82) is 0 Å². The molecule has 2 rings (SSSR count). The lowest BCUT2D eigenvalue weighted by Gasteiger charge is -2.23. The van der Waals surface area contributed by atoms with Crippen LogP contribution in [-0.2, 0) is 6.18 Å². The van der Waals surface area contributed by atoms with Gasteiger partial charge in [0.15, 0.2) is 0 Å². The summed E-state index contributed by atoms with van der Waals surface area (Å²) >= 11 is 0. The second-order valence-corrected chi connectivity index (χ2v) is 4.67. The van der Waals surface area contributed by atoms with E-state index in [0.29, 0.717) is 37.6 Å². The Bertz CT molecular complexity index is 516. The van der Waals surface area contributed by atoms with Crippen LogP contribution in [0.15, 0.2) is 18.2 Å². The van der Waals surface area contributed by atoms with Gasteiger partial charge in [0.1, 0.15) is 5.82 Å². The van der Waals surface area contributed by atoms with Gasteiger partial charge >= 0.3 is 6.18 Å². The Balaban J connectivity index is 2.34. The monoisotopic (exact) mass is 291 g/mol. The molecule has 0 unspecified atom stereocenters. The minimum atomic E-state index is -4.63. The van der Waals surface area contributed by atoms with Gasteiger partial charge in [-0.25, -0.2) is 4.39 Å². The fourth-order valence-electron chi connectivity index (χ4n) is 2.31. The van der Waals surface area contributed by atoms with Gasteiger partial charge in [-0.15, -0.1) is 0 Å². The minimum Gasteiger partial charge on any atom is -0.394 e. The normalized spacial score (nSPS) is 19.4. The van der Waals surface area contributed by atoms with Gasteiger partial charge in [-0.1, -0.05) is 0 Å². The fourth-order valence-corrected chi connectivity index (χ4v) is 2.31. The number of benzene rings is 1. The zero-order chi connectivity index (χ0) is 14.9. The van der Waals surface area contributed by atoms with Crippen LogP contribution in [0.5, 0.6) is 0 Å². The molecule has 1 saturated heterocycles. The van der Waals surface area contributed by atoms with Crippen LogP contribution in [0.3, 0.4) is 0 Å². The Morgan fingerprint density at radius 2 is 2.10 bits per heavy atom. The Kier molecular flexibility index (Phi) is 3.99. The maximum atomic E-state index is 13.6. The Morgan fingerprint density at radius 3 is 2.70 bits per heavy atom. The van der Waals surface area contributed by atoms with E-state index in [1.807, 2.05) is 0 Å². The third-order valence-corrected chi connectivity index (χ3v) is 3.37. The molecular formula is C13H13F4NO2. The molecule has 0 saturated carbocycles. The van der Waals surface area contributed by atoms with E-state index in [-0.39, 0.29) is 6.61 Å². The summed E-state index contributed by atoms with van der Waals surface area (Å²) in [6, 6.07) is 1.29. The zero-order valence-corrected chi connectivity index (χ0v) is 10.5. The van der Waals surface area contributed by atoms with Gasteiger partial charge in [0, 0.05) is 6.54 Å². The third-order valence-electron chi connectivity index (χ3n) is 3.37. The molecule has 1 aliphatic heterocycles. The summed E-state index contributed by atoms with van der Waals surface area (Å²) < 4.78 is 51.4. The van der Waals surface area contributed by atoms with Crippen LogP contribution >= 0.6 is 0 Å². The van der Waals surface area contributed by atoms with Crippen LogP contribution in [0.1, 0.15) is 28.8 Å². The van der Waals surface area contributed by atoms with Crippen molar-refractivity contribution in [1.82, 2.24) is 4.90 Å². The number of likely N-dealkylation sites (tertiary alicyclic amines) is 1. The molecule has 0 aliphatic carbocycles. The summed E-state index contributed by atoms with van der Waals surface area (Å²) in [5.41, 5.74) is -1.68. The van der Waals surface area contributed by atoms with Gasteiger partial charge in [0.05, 0.1) is 23.8 Å². The molecule has 1 fully saturated rings. The average Bonchev–Trinajstić information content (AvgIpc) is 2.85. The van der Waals surface area contributed by atoms with Gasteiger partial charge in [0.2, 0.25) is 0 Å². The van der Waals surface area contributed by atoms with Crippen LogP contribution in [0.2, 0.25) is 0 Å². The molecule has 0 spiro atoms. The molecule has 0 aromatic heterocycles. The first-order chi connectivity index (χ1) is 9.34. The van der Waals surface area contributed by atoms with Crippen LogP contribution in [0.4, 0.5) is 17.6 Å². The van der Waals surface area contributed by atoms with Crippen molar-refractivity contribution in [3.63, 3.8) is 0 Å². The molecule has 20 heavy (non-hydrogen) atoms. The topological polar surface area (TPSA) is 40.5 Å². The average molecular weight is 291 g/mol. The van der Waals surface area contributed by atoms with Gasteiger partial charge in [-0.3, -0.25) is 4.79 Å². The number of rotatable bonds is 2. The summed E-state index contributed by atoms with van der Waals surface area (Å²) in [7, 11) is 0. The van der Waals surface area contributed by atoms with Crippen LogP contribution < -0.4 is 0 Å². The van der Waals surface area contributed by atoms with Crippen molar-refractivity contribution in [3.8, 4) is 0 Å². The largest absolute Gasteiger partial charge is 0.416 e. The standard InChI is InChI=1S/C13H13F4NO2/c14-11-4-3-8(13(15,16)17)6-10(11)12(20)18-5-1-2-9(18)7-19/h3-4,6,9,19H,1-2,5,7H2/t9-/m0/s1. The predicted octanol–water partition coefficient (Wildman–Crippen LogP) is 2.44.